The van der Waals surface area contributed by atoms with Crippen LogP contribution in [0.4, 0.5) is 11.5 Å². The first-order chi connectivity index (χ1) is 11.1. The molecule has 4 rings (SSSR count). The van der Waals surface area contributed by atoms with Crippen molar-refractivity contribution in [2.75, 3.05) is 23.7 Å². The zero-order chi connectivity index (χ0) is 16.0. The summed E-state index contributed by atoms with van der Waals surface area (Å²) in [6, 6.07) is 6.01. The van der Waals surface area contributed by atoms with Gasteiger partial charge in [-0.2, -0.15) is 5.10 Å². The lowest BCUT2D eigenvalue weighted by atomic mass is 10.2. The van der Waals surface area contributed by atoms with Crippen LogP contribution in [0.15, 0.2) is 24.4 Å². The number of morpholine rings is 1. The van der Waals surface area contributed by atoms with Crippen molar-refractivity contribution >= 4 is 33.1 Å². The minimum absolute atomic E-state index is 0.204. The third-order valence-electron chi connectivity index (χ3n) is 4.01. The standard InChI is InChI=1S/C16H19N5OS/c1-9-7-21(8-10(2)22-9)13-6-15(17)19-12-5-14(23-16(12)13)11-3-4-18-20-11/h3-6,9-10H,7-8H2,1-2H3,(H2,17,19)(H,18,20)/t9-,10?/m0/s1. The Morgan fingerprint density at radius 1 is 1.30 bits per heavy atom. The summed E-state index contributed by atoms with van der Waals surface area (Å²) in [5, 5.41) is 7.04. The molecule has 1 aliphatic heterocycles. The van der Waals surface area contributed by atoms with Crippen molar-refractivity contribution in [2.24, 2.45) is 0 Å². The SMILES string of the molecule is CC1CN(c2cc(N)nc3cc(-c4ccn[nH]4)sc23)C[C@H](C)O1. The molecule has 1 fully saturated rings. The van der Waals surface area contributed by atoms with Gasteiger partial charge in [-0.25, -0.2) is 4.98 Å². The Balaban J connectivity index is 1.82. The number of fused-ring (bicyclic) bond motifs is 1. The van der Waals surface area contributed by atoms with Crippen LogP contribution in [-0.2, 0) is 4.74 Å². The number of aromatic nitrogens is 3. The van der Waals surface area contributed by atoms with Crippen molar-refractivity contribution in [3.05, 3.63) is 24.4 Å². The predicted octanol–water partition coefficient (Wildman–Crippen LogP) is 2.88. The monoisotopic (exact) mass is 329 g/mol. The molecule has 6 nitrogen and oxygen atoms in total. The van der Waals surface area contributed by atoms with Crippen molar-refractivity contribution in [3.63, 3.8) is 0 Å². The van der Waals surface area contributed by atoms with Crippen LogP contribution in [0.2, 0.25) is 0 Å². The summed E-state index contributed by atoms with van der Waals surface area (Å²) in [5.74, 6) is 0.549. The first kappa shape index (κ1) is 14.5. The van der Waals surface area contributed by atoms with E-state index in [4.69, 9.17) is 10.5 Å². The van der Waals surface area contributed by atoms with Crippen LogP contribution in [-0.4, -0.2) is 40.5 Å². The molecule has 7 heteroatoms. The van der Waals surface area contributed by atoms with E-state index in [2.05, 4.69) is 40.0 Å². The topological polar surface area (TPSA) is 80.1 Å². The van der Waals surface area contributed by atoms with Crippen molar-refractivity contribution in [3.8, 4) is 10.6 Å². The third-order valence-corrected chi connectivity index (χ3v) is 5.19. The Morgan fingerprint density at radius 3 is 2.78 bits per heavy atom. The second-order valence-corrected chi connectivity index (χ2v) is 7.08. The number of hydrogen-bond acceptors (Lipinski definition) is 6. The lowest BCUT2D eigenvalue weighted by molar-refractivity contribution is -0.00512. The van der Waals surface area contributed by atoms with Crippen molar-refractivity contribution < 1.29 is 4.74 Å². The molecule has 1 unspecified atom stereocenters. The van der Waals surface area contributed by atoms with E-state index in [9.17, 15) is 0 Å². The van der Waals surface area contributed by atoms with Crippen molar-refractivity contribution in [1.82, 2.24) is 15.2 Å². The van der Waals surface area contributed by atoms with Gasteiger partial charge in [0.15, 0.2) is 0 Å². The summed E-state index contributed by atoms with van der Waals surface area (Å²) in [6.45, 7) is 5.93. The number of nitrogens with one attached hydrogen (secondary N) is 1. The zero-order valence-corrected chi connectivity index (χ0v) is 13.9. The molecule has 0 saturated carbocycles. The number of rotatable bonds is 2. The van der Waals surface area contributed by atoms with Gasteiger partial charge in [-0.1, -0.05) is 0 Å². The molecule has 0 bridgehead atoms. The second kappa shape index (κ2) is 5.50. The van der Waals surface area contributed by atoms with Crippen LogP contribution >= 0.6 is 11.3 Å². The van der Waals surface area contributed by atoms with E-state index in [1.165, 1.54) is 0 Å². The molecule has 3 N–H and O–H groups in total. The highest BCUT2D eigenvalue weighted by molar-refractivity contribution is 7.22. The molecule has 2 atom stereocenters. The van der Waals surface area contributed by atoms with Gasteiger partial charge in [-0.15, -0.1) is 11.3 Å². The zero-order valence-electron chi connectivity index (χ0n) is 13.1. The average Bonchev–Trinajstić information content (AvgIpc) is 3.13. The van der Waals surface area contributed by atoms with E-state index >= 15 is 0 Å². The van der Waals surface area contributed by atoms with Gasteiger partial charge in [0.25, 0.3) is 0 Å². The highest BCUT2D eigenvalue weighted by atomic mass is 32.1. The van der Waals surface area contributed by atoms with Crippen LogP contribution < -0.4 is 10.6 Å². The van der Waals surface area contributed by atoms with Gasteiger partial charge in [-0.05, 0) is 26.0 Å². The highest BCUT2D eigenvalue weighted by Gasteiger charge is 2.25. The highest BCUT2D eigenvalue weighted by Crippen LogP contribution is 2.39. The van der Waals surface area contributed by atoms with Crippen LogP contribution in [0.25, 0.3) is 20.8 Å². The largest absolute Gasteiger partial charge is 0.384 e. The molecule has 0 aliphatic carbocycles. The fraction of sp³-hybridized carbons (Fsp3) is 0.375. The number of nitrogen functional groups attached to an aromatic ring is 1. The number of ether oxygens (including phenoxy) is 1. The lowest BCUT2D eigenvalue weighted by Gasteiger charge is -2.37. The molecule has 3 aromatic rings. The molecule has 1 saturated heterocycles. The van der Waals surface area contributed by atoms with Crippen molar-refractivity contribution in [2.45, 2.75) is 26.1 Å². The van der Waals surface area contributed by atoms with E-state index in [0.29, 0.717) is 5.82 Å². The smallest absolute Gasteiger partial charge is 0.126 e. The maximum Gasteiger partial charge on any atom is 0.126 e. The summed E-state index contributed by atoms with van der Waals surface area (Å²) in [7, 11) is 0. The number of pyridine rings is 1. The van der Waals surface area contributed by atoms with Gasteiger partial charge in [0.05, 0.1) is 38.7 Å². The quantitative estimate of drug-likeness (QED) is 0.755. The molecular weight excluding hydrogens is 310 g/mol. The summed E-state index contributed by atoms with van der Waals surface area (Å²) < 4.78 is 7.00. The molecule has 0 aromatic carbocycles. The van der Waals surface area contributed by atoms with Gasteiger partial charge < -0.3 is 15.4 Å². The molecule has 4 heterocycles. The van der Waals surface area contributed by atoms with Crippen LogP contribution in [0.3, 0.4) is 0 Å². The first-order valence-corrected chi connectivity index (χ1v) is 8.52. The van der Waals surface area contributed by atoms with Crippen molar-refractivity contribution in [1.29, 1.82) is 0 Å². The molecule has 0 spiro atoms. The second-order valence-electron chi connectivity index (χ2n) is 6.02. The number of aromatic amines is 1. The number of hydrogen-bond donors (Lipinski definition) is 2. The van der Waals surface area contributed by atoms with E-state index in [1.54, 1.807) is 17.5 Å². The number of nitrogens with two attached hydrogens (primary N) is 1. The minimum atomic E-state index is 0.204. The number of anilines is 2. The van der Waals surface area contributed by atoms with E-state index < -0.39 is 0 Å². The summed E-state index contributed by atoms with van der Waals surface area (Å²) in [6.07, 6.45) is 2.17. The van der Waals surface area contributed by atoms with Crippen LogP contribution in [0, 0.1) is 0 Å². The fourth-order valence-corrected chi connectivity index (χ4v) is 4.28. The molecule has 23 heavy (non-hydrogen) atoms. The van der Waals surface area contributed by atoms with Crippen LogP contribution in [0.5, 0.6) is 0 Å². The summed E-state index contributed by atoms with van der Waals surface area (Å²) in [4.78, 5) is 7.97. The summed E-state index contributed by atoms with van der Waals surface area (Å²) >= 11 is 1.71. The number of H-pyrrole nitrogens is 1. The van der Waals surface area contributed by atoms with Gasteiger partial charge in [0, 0.05) is 25.4 Å². The summed E-state index contributed by atoms with van der Waals surface area (Å²) in [5.41, 5.74) is 9.12. The van der Waals surface area contributed by atoms with Crippen LogP contribution in [0.1, 0.15) is 13.8 Å². The Labute approximate surface area is 138 Å². The molecule has 0 amide bonds. The Kier molecular flexibility index (Phi) is 3.46. The Morgan fingerprint density at radius 2 is 2.09 bits per heavy atom. The maximum atomic E-state index is 6.04. The maximum absolute atomic E-state index is 6.04. The van der Waals surface area contributed by atoms with E-state index in [0.717, 1.165) is 39.6 Å². The Bertz CT molecular complexity index is 818. The molecule has 0 radical (unpaired) electrons. The molecule has 3 aromatic heterocycles. The first-order valence-electron chi connectivity index (χ1n) is 7.70. The van der Waals surface area contributed by atoms with E-state index in [-0.39, 0.29) is 12.2 Å². The third kappa shape index (κ3) is 2.66. The molecule has 120 valence electrons. The van der Waals surface area contributed by atoms with Gasteiger partial charge >= 0.3 is 0 Å². The fourth-order valence-electron chi connectivity index (χ4n) is 3.16. The van der Waals surface area contributed by atoms with Gasteiger partial charge in [-0.3, -0.25) is 5.10 Å². The number of thiophene rings is 1. The Hall–Kier alpha value is -2.12. The normalized spacial score (nSPS) is 21.9. The predicted molar refractivity (Wildman–Crippen MR) is 93.8 cm³/mol. The van der Waals surface area contributed by atoms with Gasteiger partial charge in [0.2, 0.25) is 0 Å². The minimum Gasteiger partial charge on any atom is -0.384 e. The van der Waals surface area contributed by atoms with Gasteiger partial charge in [0.1, 0.15) is 5.82 Å². The number of nitrogens with zero attached hydrogens (tertiary/aromatic N) is 3. The molecule has 1 aliphatic rings. The average molecular weight is 329 g/mol. The molecular formula is C16H19N5OS. The lowest BCUT2D eigenvalue weighted by Crippen LogP contribution is -2.45. The van der Waals surface area contributed by atoms with E-state index in [1.807, 2.05) is 12.1 Å².